The molecule has 2 heterocycles. The topological polar surface area (TPSA) is 106 Å². The Morgan fingerprint density at radius 2 is 1.88 bits per heavy atom. The highest BCUT2D eigenvalue weighted by Gasteiger charge is 2.31. The van der Waals surface area contributed by atoms with Crippen molar-refractivity contribution in [2.45, 2.75) is 11.4 Å². The fourth-order valence-electron chi connectivity index (χ4n) is 2.69. The smallest absolute Gasteiger partial charge is 0.273 e. The van der Waals surface area contributed by atoms with Crippen molar-refractivity contribution in [2.24, 2.45) is 5.73 Å². The highest BCUT2D eigenvalue weighted by atomic mass is 32.2. The first kappa shape index (κ1) is 18.8. The maximum absolute atomic E-state index is 12.7. The second kappa shape index (κ2) is 7.70. The zero-order valence-electron chi connectivity index (χ0n) is 14.3. The second-order valence-corrected chi connectivity index (χ2v) is 8.58. The van der Waals surface area contributed by atoms with Crippen LogP contribution >= 0.6 is 11.3 Å². The number of sulfonamides is 1. The third kappa shape index (κ3) is 3.73. The van der Waals surface area contributed by atoms with Gasteiger partial charge >= 0.3 is 0 Å². The molecule has 1 fully saturated rings. The van der Waals surface area contributed by atoms with E-state index in [9.17, 15) is 13.2 Å². The minimum absolute atomic E-state index is 0.192. The van der Waals surface area contributed by atoms with Gasteiger partial charge in [-0.05, 0) is 24.3 Å². The largest absolute Gasteiger partial charge is 0.497 e. The van der Waals surface area contributed by atoms with Crippen LogP contribution in [0.15, 0.2) is 34.5 Å². The number of nitrogens with zero attached hydrogens (tertiary/aromatic N) is 3. The van der Waals surface area contributed by atoms with Crippen LogP contribution in [-0.2, 0) is 16.6 Å². The number of hydrogen-bond acceptors (Lipinski definition) is 7. The van der Waals surface area contributed by atoms with Gasteiger partial charge in [0.25, 0.3) is 5.91 Å². The molecular formula is C16H20N4O4S2. The van der Waals surface area contributed by atoms with Crippen molar-refractivity contribution in [3.8, 4) is 5.75 Å². The average Bonchev–Trinajstić information content (AvgIpc) is 3.17. The van der Waals surface area contributed by atoms with Gasteiger partial charge in [0, 0.05) is 38.1 Å². The van der Waals surface area contributed by atoms with Crippen molar-refractivity contribution >= 4 is 27.3 Å². The zero-order valence-corrected chi connectivity index (χ0v) is 15.9. The SMILES string of the molecule is COc1ccc(S(=O)(=O)N2CCN(C(=O)c3csc(CN)n3)CC2)cc1. The van der Waals surface area contributed by atoms with Crippen LogP contribution in [0, 0.1) is 0 Å². The van der Waals surface area contributed by atoms with Gasteiger partial charge in [0.05, 0.1) is 12.0 Å². The van der Waals surface area contributed by atoms with E-state index in [0.717, 1.165) is 0 Å². The van der Waals surface area contributed by atoms with Gasteiger partial charge in [-0.25, -0.2) is 13.4 Å². The quantitative estimate of drug-likeness (QED) is 0.800. The molecule has 0 atom stereocenters. The van der Waals surface area contributed by atoms with Gasteiger partial charge in [-0.15, -0.1) is 11.3 Å². The number of amides is 1. The number of carbonyl (C=O) groups is 1. The molecule has 1 aliphatic heterocycles. The number of carbonyl (C=O) groups excluding carboxylic acids is 1. The number of ether oxygens (including phenoxy) is 1. The molecule has 2 aromatic rings. The fourth-order valence-corrected chi connectivity index (χ4v) is 4.76. The number of benzene rings is 1. The van der Waals surface area contributed by atoms with Gasteiger partial charge in [0.2, 0.25) is 10.0 Å². The molecule has 0 bridgehead atoms. The third-order valence-corrected chi connectivity index (χ3v) is 6.95. The predicted octanol–water partition coefficient (Wildman–Crippen LogP) is 0.757. The molecular weight excluding hydrogens is 376 g/mol. The number of piperazine rings is 1. The number of nitrogens with two attached hydrogens (primary N) is 1. The van der Waals surface area contributed by atoms with Crippen LogP contribution < -0.4 is 10.5 Å². The summed E-state index contributed by atoms with van der Waals surface area (Å²) >= 11 is 1.35. The minimum atomic E-state index is -3.59. The summed E-state index contributed by atoms with van der Waals surface area (Å²) in [6.07, 6.45) is 0. The van der Waals surface area contributed by atoms with E-state index in [4.69, 9.17) is 10.5 Å². The van der Waals surface area contributed by atoms with Crippen molar-refractivity contribution in [2.75, 3.05) is 33.3 Å². The van der Waals surface area contributed by atoms with E-state index in [0.29, 0.717) is 36.1 Å². The normalized spacial score (nSPS) is 15.8. The van der Waals surface area contributed by atoms with E-state index >= 15 is 0 Å². The molecule has 1 aliphatic rings. The van der Waals surface area contributed by atoms with Crippen LogP contribution in [-0.4, -0.2) is 61.8 Å². The Labute approximate surface area is 156 Å². The van der Waals surface area contributed by atoms with Crippen LogP contribution in [0.2, 0.25) is 0 Å². The molecule has 0 spiro atoms. The molecule has 1 amide bonds. The molecule has 1 aromatic heterocycles. The maximum atomic E-state index is 12.7. The maximum Gasteiger partial charge on any atom is 0.273 e. The number of rotatable bonds is 5. The van der Waals surface area contributed by atoms with Crippen LogP contribution in [0.5, 0.6) is 5.75 Å². The summed E-state index contributed by atoms with van der Waals surface area (Å²) < 4.78 is 31.9. The van der Waals surface area contributed by atoms with Gasteiger partial charge in [0.15, 0.2) is 0 Å². The Bertz CT molecular complexity index is 872. The summed E-state index contributed by atoms with van der Waals surface area (Å²) in [5.41, 5.74) is 5.89. The van der Waals surface area contributed by atoms with E-state index < -0.39 is 10.0 Å². The summed E-state index contributed by atoms with van der Waals surface area (Å²) in [5, 5.41) is 2.39. The standard InChI is InChI=1S/C16H20N4O4S2/c1-24-12-2-4-13(5-3-12)26(22,23)20-8-6-19(7-9-20)16(21)14-11-25-15(10-17)18-14/h2-5,11H,6-10,17H2,1H3. The first-order valence-corrected chi connectivity index (χ1v) is 10.4. The van der Waals surface area contributed by atoms with Gasteiger partial charge < -0.3 is 15.4 Å². The van der Waals surface area contributed by atoms with Gasteiger partial charge in [-0.2, -0.15) is 4.31 Å². The number of methoxy groups -OCH3 is 1. The van der Waals surface area contributed by atoms with E-state index in [-0.39, 0.29) is 23.9 Å². The molecule has 8 nitrogen and oxygen atoms in total. The van der Waals surface area contributed by atoms with E-state index in [2.05, 4.69) is 4.98 Å². The number of hydrogen-bond donors (Lipinski definition) is 1. The van der Waals surface area contributed by atoms with Crippen LogP contribution in [0.4, 0.5) is 0 Å². The Morgan fingerprint density at radius 3 is 2.42 bits per heavy atom. The predicted molar refractivity (Wildman–Crippen MR) is 97.7 cm³/mol. The van der Waals surface area contributed by atoms with Crippen molar-refractivity contribution < 1.29 is 17.9 Å². The van der Waals surface area contributed by atoms with E-state index in [1.165, 1.54) is 34.9 Å². The average molecular weight is 396 g/mol. The van der Waals surface area contributed by atoms with Crippen molar-refractivity contribution in [3.05, 3.63) is 40.3 Å². The Balaban J connectivity index is 1.66. The summed E-state index contributed by atoms with van der Waals surface area (Å²) in [5.74, 6) is 0.405. The molecule has 0 saturated carbocycles. The molecule has 0 unspecified atom stereocenters. The Kier molecular flexibility index (Phi) is 5.56. The lowest BCUT2D eigenvalue weighted by Gasteiger charge is -2.33. The first-order valence-electron chi connectivity index (χ1n) is 8.03. The van der Waals surface area contributed by atoms with Gasteiger partial charge in [-0.3, -0.25) is 4.79 Å². The Morgan fingerprint density at radius 1 is 1.23 bits per heavy atom. The molecule has 26 heavy (non-hydrogen) atoms. The minimum Gasteiger partial charge on any atom is -0.497 e. The third-order valence-electron chi connectivity index (χ3n) is 4.17. The summed E-state index contributed by atoms with van der Waals surface area (Å²) in [4.78, 5) is 18.5. The van der Waals surface area contributed by atoms with Gasteiger partial charge in [0.1, 0.15) is 16.5 Å². The van der Waals surface area contributed by atoms with Gasteiger partial charge in [-0.1, -0.05) is 0 Å². The molecule has 140 valence electrons. The van der Waals surface area contributed by atoms with Crippen LogP contribution in [0.25, 0.3) is 0 Å². The summed E-state index contributed by atoms with van der Waals surface area (Å²) in [6.45, 7) is 1.43. The second-order valence-electron chi connectivity index (χ2n) is 5.70. The monoisotopic (exact) mass is 396 g/mol. The summed E-state index contributed by atoms with van der Waals surface area (Å²) in [6, 6.07) is 6.28. The molecule has 2 N–H and O–H groups in total. The highest BCUT2D eigenvalue weighted by molar-refractivity contribution is 7.89. The lowest BCUT2D eigenvalue weighted by molar-refractivity contribution is 0.0692. The van der Waals surface area contributed by atoms with Crippen molar-refractivity contribution in [1.82, 2.24) is 14.2 Å². The zero-order chi connectivity index (χ0) is 18.7. The van der Waals surface area contributed by atoms with Crippen LogP contribution in [0.1, 0.15) is 15.5 Å². The van der Waals surface area contributed by atoms with Crippen molar-refractivity contribution in [3.63, 3.8) is 0 Å². The fraction of sp³-hybridized carbons (Fsp3) is 0.375. The Hall–Kier alpha value is -2.01. The van der Waals surface area contributed by atoms with E-state index in [1.54, 1.807) is 22.4 Å². The molecule has 0 aliphatic carbocycles. The van der Waals surface area contributed by atoms with Crippen molar-refractivity contribution in [1.29, 1.82) is 0 Å². The molecule has 1 aromatic carbocycles. The number of aromatic nitrogens is 1. The van der Waals surface area contributed by atoms with E-state index in [1.807, 2.05) is 0 Å². The molecule has 0 radical (unpaired) electrons. The number of thiazole rings is 1. The molecule has 10 heteroatoms. The summed E-state index contributed by atoms with van der Waals surface area (Å²) in [7, 11) is -2.06. The first-order chi connectivity index (χ1) is 12.5. The lowest BCUT2D eigenvalue weighted by atomic mass is 10.3. The molecule has 1 saturated heterocycles. The lowest BCUT2D eigenvalue weighted by Crippen LogP contribution is -2.50. The molecule has 3 rings (SSSR count). The highest BCUT2D eigenvalue weighted by Crippen LogP contribution is 2.21. The van der Waals surface area contributed by atoms with Crippen LogP contribution in [0.3, 0.4) is 0 Å².